The summed E-state index contributed by atoms with van der Waals surface area (Å²) in [7, 11) is 0. The number of carbonyl (C=O) groups excluding carboxylic acids is 1. The van der Waals surface area contributed by atoms with Crippen LogP contribution in [0.15, 0.2) is 84.9 Å². The Labute approximate surface area is 166 Å². The van der Waals surface area contributed by atoms with Crippen molar-refractivity contribution in [2.24, 2.45) is 0 Å². The van der Waals surface area contributed by atoms with Gasteiger partial charge >= 0.3 is 0 Å². The minimum Gasteiger partial charge on any atom is -0.489 e. The van der Waals surface area contributed by atoms with Crippen LogP contribution in [0.25, 0.3) is 0 Å². The van der Waals surface area contributed by atoms with Crippen molar-refractivity contribution in [1.29, 1.82) is 0 Å². The Morgan fingerprint density at radius 1 is 0.786 bits per heavy atom. The van der Waals surface area contributed by atoms with Crippen LogP contribution in [0.5, 0.6) is 5.75 Å². The molecule has 2 N–H and O–H groups in total. The highest BCUT2D eigenvalue weighted by Gasteiger charge is 2.03. The molecule has 4 heteroatoms. The van der Waals surface area contributed by atoms with Gasteiger partial charge in [0.2, 0.25) is 5.91 Å². The van der Waals surface area contributed by atoms with Crippen LogP contribution in [0.1, 0.15) is 17.5 Å². The molecule has 0 aliphatic carbocycles. The van der Waals surface area contributed by atoms with Gasteiger partial charge in [-0.3, -0.25) is 4.79 Å². The van der Waals surface area contributed by atoms with Gasteiger partial charge in [-0.1, -0.05) is 60.7 Å². The number of ether oxygens (including phenoxy) is 1. The minimum atomic E-state index is -0.0438. The Morgan fingerprint density at radius 2 is 1.43 bits per heavy atom. The average Bonchev–Trinajstić information content (AvgIpc) is 2.74. The summed E-state index contributed by atoms with van der Waals surface area (Å²) in [6.07, 6.45) is 2.02. The standard InChI is InChI=1S/C24H26N2O2/c27-24(18-25-17-7-12-20-8-3-1-4-9-20)26-22-13-15-23(16-14-22)28-19-21-10-5-2-6-11-21/h1-6,8-11,13-16,25H,7,12,17-19H2,(H,26,27). The summed E-state index contributed by atoms with van der Waals surface area (Å²) in [6, 6.07) is 27.8. The topological polar surface area (TPSA) is 50.4 Å². The van der Waals surface area contributed by atoms with E-state index in [1.807, 2.05) is 72.8 Å². The Hall–Kier alpha value is -3.11. The van der Waals surface area contributed by atoms with Crippen molar-refractivity contribution in [1.82, 2.24) is 5.32 Å². The van der Waals surface area contributed by atoms with Crippen LogP contribution in [0.4, 0.5) is 5.69 Å². The number of hydrogen-bond acceptors (Lipinski definition) is 3. The Balaban J connectivity index is 1.32. The minimum absolute atomic E-state index is 0.0438. The van der Waals surface area contributed by atoms with Crippen LogP contribution < -0.4 is 15.4 Å². The highest BCUT2D eigenvalue weighted by atomic mass is 16.5. The van der Waals surface area contributed by atoms with Crippen LogP contribution in [0, 0.1) is 0 Å². The zero-order valence-corrected chi connectivity index (χ0v) is 15.9. The number of aryl methyl sites for hydroxylation is 1. The van der Waals surface area contributed by atoms with E-state index in [2.05, 4.69) is 22.8 Å². The maximum absolute atomic E-state index is 12.0. The summed E-state index contributed by atoms with van der Waals surface area (Å²) in [6.45, 7) is 1.65. The van der Waals surface area contributed by atoms with Gasteiger partial charge in [0.25, 0.3) is 0 Å². The summed E-state index contributed by atoms with van der Waals surface area (Å²) in [5.41, 5.74) is 3.21. The number of anilines is 1. The summed E-state index contributed by atoms with van der Waals surface area (Å²) >= 11 is 0. The SMILES string of the molecule is O=C(CNCCCc1ccccc1)Nc1ccc(OCc2ccccc2)cc1. The van der Waals surface area contributed by atoms with E-state index in [0.29, 0.717) is 13.2 Å². The van der Waals surface area contributed by atoms with Crippen molar-refractivity contribution in [3.63, 3.8) is 0 Å². The van der Waals surface area contributed by atoms with Crippen molar-refractivity contribution >= 4 is 11.6 Å². The van der Waals surface area contributed by atoms with Gasteiger partial charge in [0.15, 0.2) is 0 Å². The second-order valence-corrected chi connectivity index (χ2v) is 6.61. The maximum atomic E-state index is 12.0. The molecule has 0 heterocycles. The molecule has 4 nitrogen and oxygen atoms in total. The third-order valence-corrected chi connectivity index (χ3v) is 4.33. The number of rotatable bonds is 10. The first kappa shape index (κ1) is 19.6. The van der Waals surface area contributed by atoms with Crippen LogP contribution in [0.3, 0.4) is 0 Å². The molecular weight excluding hydrogens is 348 g/mol. The molecule has 0 aliphatic rings. The van der Waals surface area contributed by atoms with Crippen molar-refractivity contribution in [2.45, 2.75) is 19.4 Å². The molecule has 0 aromatic heterocycles. The monoisotopic (exact) mass is 374 g/mol. The molecule has 0 fully saturated rings. The number of nitrogens with one attached hydrogen (secondary N) is 2. The lowest BCUT2D eigenvalue weighted by Gasteiger charge is -2.09. The largest absolute Gasteiger partial charge is 0.489 e. The predicted octanol–water partition coefficient (Wildman–Crippen LogP) is 4.43. The lowest BCUT2D eigenvalue weighted by atomic mass is 10.1. The second kappa shape index (κ2) is 10.9. The molecule has 0 spiro atoms. The second-order valence-electron chi connectivity index (χ2n) is 6.61. The van der Waals surface area contributed by atoms with Crippen LogP contribution in [-0.4, -0.2) is 19.0 Å². The average molecular weight is 374 g/mol. The van der Waals surface area contributed by atoms with E-state index in [0.717, 1.165) is 36.4 Å². The van der Waals surface area contributed by atoms with Gasteiger partial charge < -0.3 is 15.4 Å². The van der Waals surface area contributed by atoms with Gasteiger partial charge in [0.05, 0.1) is 6.54 Å². The van der Waals surface area contributed by atoms with Gasteiger partial charge in [-0.05, 0) is 54.8 Å². The number of hydrogen-bond donors (Lipinski definition) is 2. The zero-order valence-electron chi connectivity index (χ0n) is 15.9. The van der Waals surface area contributed by atoms with Crippen molar-refractivity contribution < 1.29 is 9.53 Å². The van der Waals surface area contributed by atoms with E-state index in [1.165, 1.54) is 5.56 Å². The van der Waals surface area contributed by atoms with E-state index in [-0.39, 0.29) is 5.91 Å². The summed E-state index contributed by atoms with van der Waals surface area (Å²) in [4.78, 5) is 12.0. The maximum Gasteiger partial charge on any atom is 0.238 e. The van der Waals surface area contributed by atoms with E-state index < -0.39 is 0 Å². The molecule has 0 bridgehead atoms. The van der Waals surface area contributed by atoms with Gasteiger partial charge in [0.1, 0.15) is 12.4 Å². The van der Waals surface area contributed by atoms with Gasteiger partial charge in [-0.15, -0.1) is 0 Å². The fourth-order valence-corrected chi connectivity index (χ4v) is 2.84. The molecule has 0 atom stereocenters. The molecular formula is C24H26N2O2. The van der Waals surface area contributed by atoms with Gasteiger partial charge in [0, 0.05) is 5.69 Å². The molecule has 28 heavy (non-hydrogen) atoms. The van der Waals surface area contributed by atoms with Crippen LogP contribution in [-0.2, 0) is 17.8 Å². The van der Waals surface area contributed by atoms with E-state index in [4.69, 9.17) is 4.74 Å². The molecule has 144 valence electrons. The molecule has 0 saturated carbocycles. The lowest BCUT2D eigenvalue weighted by Crippen LogP contribution is -2.28. The zero-order chi connectivity index (χ0) is 19.4. The number of carbonyl (C=O) groups is 1. The third-order valence-electron chi connectivity index (χ3n) is 4.33. The van der Waals surface area contributed by atoms with Gasteiger partial charge in [-0.25, -0.2) is 0 Å². The van der Waals surface area contributed by atoms with E-state index >= 15 is 0 Å². The van der Waals surface area contributed by atoms with Gasteiger partial charge in [-0.2, -0.15) is 0 Å². The lowest BCUT2D eigenvalue weighted by molar-refractivity contribution is -0.115. The molecule has 3 rings (SSSR count). The summed E-state index contributed by atoms with van der Waals surface area (Å²) < 4.78 is 5.76. The number of benzene rings is 3. The quantitative estimate of drug-likeness (QED) is 0.516. The molecule has 0 unspecified atom stereocenters. The first-order valence-corrected chi connectivity index (χ1v) is 9.61. The Kier molecular flexibility index (Phi) is 7.65. The van der Waals surface area contributed by atoms with Crippen LogP contribution >= 0.6 is 0 Å². The fraction of sp³-hybridized carbons (Fsp3) is 0.208. The Morgan fingerprint density at radius 3 is 2.11 bits per heavy atom. The molecule has 3 aromatic carbocycles. The molecule has 1 amide bonds. The fourth-order valence-electron chi connectivity index (χ4n) is 2.84. The predicted molar refractivity (Wildman–Crippen MR) is 113 cm³/mol. The first-order valence-electron chi connectivity index (χ1n) is 9.61. The third kappa shape index (κ3) is 6.89. The number of amides is 1. The van der Waals surface area contributed by atoms with Crippen molar-refractivity contribution in [3.05, 3.63) is 96.1 Å². The van der Waals surface area contributed by atoms with E-state index in [1.54, 1.807) is 0 Å². The molecule has 3 aromatic rings. The first-order chi connectivity index (χ1) is 13.8. The van der Waals surface area contributed by atoms with Crippen LogP contribution in [0.2, 0.25) is 0 Å². The highest BCUT2D eigenvalue weighted by molar-refractivity contribution is 5.92. The molecule has 0 aliphatic heterocycles. The van der Waals surface area contributed by atoms with E-state index in [9.17, 15) is 4.79 Å². The van der Waals surface area contributed by atoms with Crippen molar-refractivity contribution in [3.8, 4) is 5.75 Å². The molecule has 0 radical (unpaired) electrons. The Bertz CT molecular complexity index is 833. The highest BCUT2D eigenvalue weighted by Crippen LogP contribution is 2.17. The van der Waals surface area contributed by atoms with Crippen molar-refractivity contribution in [2.75, 3.05) is 18.4 Å². The normalized spacial score (nSPS) is 10.4. The smallest absolute Gasteiger partial charge is 0.238 e. The summed E-state index contributed by atoms with van der Waals surface area (Å²) in [5.74, 6) is 0.735. The molecule has 0 saturated heterocycles. The summed E-state index contributed by atoms with van der Waals surface area (Å²) in [5, 5.41) is 6.08.